The summed E-state index contributed by atoms with van der Waals surface area (Å²) in [6.45, 7) is 2.02. The largest absolute Gasteiger partial charge is 0.221 e. The minimum atomic E-state index is 0.660. The quantitative estimate of drug-likeness (QED) is 0.539. The Labute approximate surface area is 88.7 Å². The monoisotopic (exact) mass is 292 g/mol. The lowest BCUT2D eigenvalue weighted by Crippen LogP contribution is -1.89. The maximum Gasteiger partial charge on any atom is 0.131 e. The number of aryl methyl sites for hydroxylation is 1. The highest BCUT2D eigenvalue weighted by Gasteiger charge is 2.02. The minimum absolute atomic E-state index is 0.660. The van der Waals surface area contributed by atoms with E-state index in [4.69, 9.17) is 11.6 Å². The van der Waals surface area contributed by atoms with Gasteiger partial charge in [-0.15, -0.1) is 0 Å². The number of pyridine rings is 1. The molecule has 0 aliphatic carbocycles. The van der Waals surface area contributed by atoms with Gasteiger partial charge in [-0.05, 0) is 53.3 Å². The molecule has 0 amide bonds. The van der Waals surface area contributed by atoms with Crippen LogP contribution in [0, 0.1) is 10.6 Å². The lowest BCUT2D eigenvalue weighted by molar-refractivity contribution is 0.943. The summed E-state index contributed by atoms with van der Waals surface area (Å²) in [4.78, 5) is 0. The van der Waals surface area contributed by atoms with Gasteiger partial charge in [-0.1, -0.05) is 11.6 Å². The van der Waals surface area contributed by atoms with Gasteiger partial charge in [-0.3, -0.25) is 0 Å². The maximum absolute atomic E-state index is 5.97. The van der Waals surface area contributed by atoms with Crippen LogP contribution in [0.2, 0.25) is 5.15 Å². The van der Waals surface area contributed by atoms with E-state index < -0.39 is 0 Å². The molecule has 0 aliphatic rings. The van der Waals surface area contributed by atoms with Gasteiger partial charge in [0, 0.05) is 0 Å². The van der Waals surface area contributed by atoms with Gasteiger partial charge in [0.15, 0.2) is 0 Å². The summed E-state index contributed by atoms with van der Waals surface area (Å²) < 4.78 is 2.69. The van der Waals surface area contributed by atoms with Crippen molar-refractivity contribution in [2.45, 2.75) is 6.92 Å². The Bertz CT molecular complexity index is 436. The van der Waals surface area contributed by atoms with Crippen molar-refractivity contribution >= 4 is 39.7 Å². The SMILES string of the molecule is Cc1cc(Cl)n2nc(I)cc2c1. The van der Waals surface area contributed by atoms with Crippen LogP contribution in [0.4, 0.5) is 0 Å². The lowest BCUT2D eigenvalue weighted by Gasteiger charge is -1.97. The normalized spacial score (nSPS) is 10.9. The third-order valence-electron chi connectivity index (χ3n) is 1.63. The molecule has 12 heavy (non-hydrogen) atoms. The maximum atomic E-state index is 5.97. The van der Waals surface area contributed by atoms with E-state index in [1.807, 2.05) is 19.1 Å². The zero-order chi connectivity index (χ0) is 8.72. The molecule has 0 aliphatic heterocycles. The van der Waals surface area contributed by atoms with Crippen LogP contribution in [0.1, 0.15) is 5.56 Å². The van der Waals surface area contributed by atoms with Gasteiger partial charge in [-0.2, -0.15) is 5.10 Å². The molecule has 0 aromatic carbocycles. The highest BCUT2D eigenvalue weighted by Crippen LogP contribution is 2.17. The van der Waals surface area contributed by atoms with Gasteiger partial charge in [0.25, 0.3) is 0 Å². The van der Waals surface area contributed by atoms with Crippen LogP contribution in [0.5, 0.6) is 0 Å². The molecular weight excluding hydrogens is 286 g/mol. The Morgan fingerprint density at radius 3 is 2.92 bits per heavy atom. The third-order valence-corrected chi connectivity index (χ3v) is 2.43. The predicted molar refractivity (Wildman–Crippen MR) is 57.7 cm³/mol. The molecule has 0 saturated heterocycles. The van der Waals surface area contributed by atoms with Gasteiger partial charge in [-0.25, -0.2) is 4.52 Å². The molecule has 2 rings (SSSR count). The van der Waals surface area contributed by atoms with E-state index >= 15 is 0 Å². The molecule has 0 spiro atoms. The van der Waals surface area contributed by atoms with E-state index in [1.54, 1.807) is 4.52 Å². The van der Waals surface area contributed by atoms with E-state index in [-0.39, 0.29) is 0 Å². The molecule has 2 nitrogen and oxygen atoms in total. The lowest BCUT2D eigenvalue weighted by atomic mass is 10.3. The van der Waals surface area contributed by atoms with Crippen LogP contribution in [0.15, 0.2) is 18.2 Å². The van der Waals surface area contributed by atoms with E-state index in [2.05, 4.69) is 33.8 Å². The number of halogens is 2. The summed E-state index contributed by atoms with van der Waals surface area (Å²) >= 11 is 8.14. The van der Waals surface area contributed by atoms with Crippen LogP contribution in [0.3, 0.4) is 0 Å². The highest BCUT2D eigenvalue weighted by atomic mass is 127. The number of nitrogens with zero attached hydrogens (tertiary/aromatic N) is 2. The Kier molecular flexibility index (Phi) is 2.00. The zero-order valence-corrected chi connectivity index (χ0v) is 9.30. The van der Waals surface area contributed by atoms with Crippen LogP contribution >= 0.6 is 34.2 Å². The summed E-state index contributed by atoms with van der Waals surface area (Å²) in [5.41, 5.74) is 2.20. The first-order valence-electron chi connectivity index (χ1n) is 3.48. The number of fused-ring (bicyclic) bond motifs is 1. The second-order valence-corrected chi connectivity index (χ2v) is 4.15. The molecule has 4 heteroatoms. The Morgan fingerprint density at radius 2 is 2.17 bits per heavy atom. The summed E-state index contributed by atoms with van der Waals surface area (Å²) in [7, 11) is 0. The van der Waals surface area contributed by atoms with Gasteiger partial charge in [0.2, 0.25) is 0 Å². The van der Waals surface area contributed by atoms with E-state index in [0.717, 1.165) is 14.8 Å². The molecular formula is C8H6ClIN2. The molecule has 0 atom stereocenters. The molecule has 0 radical (unpaired) electrons. The van der Waals surface area contributed by atoms with Gasteiger partial charge in [0.05, 0.1) is 5.52 Å². The number of rotatable bonds is 0. The fourth-order valence-corrected chi connectivity index (χ4v) is 2.01. The summed E-state index contributed by atoms with van der Waals surface area (Å²) in [5.74, 6) is 0. The van der Waals surface area contributed by atoms with Crippen molar-refractivity contribution in [3.05, 3.63) is 32.6 Å². The van der Waals surface area contributed by atoms with Crippen molar-refractivity contribution in [1.29, 1.82) is 0 Å². The highest BCUT2D eigenvalue weighted by molar-refractivity contribution is 14.1. The molecule has 62 valence electrons. The molecule has 0 fully saturated rings. The second-order valence-electron chi connectivity index (χ2n) is 2.66. The molecule has 2 aromatic heterocycles. The van der Waals surface area contributed by atoms with E-state index in [0.29, 0.717) is 5.15 Å². The Morgan fingerprint density at radius 1 is 1.42 bits per heavy atom. The van der Waals surface area contributed by atoms with Crippen molar-refractivity contribution in [3.8, 4) is 0 Å². The zero-order valence-electron chi connectivity index (χ0n) is 6.38. The number of aromatic nitrogens is 2. The van der Waals surface area contributed by atoms with E-state index in [1.165, 1.54) is 0 Å². The van der Waals surface area contributed by atoms with E-state index in [9.17, 15) is 0 Å². The molecule has 0 unspecified atom stereocenters. The smallest absolute Gasteiger partial charge is 0.131 e. The Balaban J connectivity index is 2.88. The van der Waals surface area contributed by atoms with Gasteiger partial charge in [0.1, 0.15) is 8.85 Å². The average molecular weight is 293 g/mol. The third kappa shape index (κ3) is 1.31. The second kappa shape index (κ2) is 2.88. The standard InChI is InChI=1S/C8H6ClIN2/c1-5-2-6-4-8(10)11-12(6)7(9)3-5/h2-4H,1H3. The molecule has 0 N–H and O–H groups in total. The average Bonchev–Trinajstić information content (AvgIpc) is 2.29. The molecule has 0 saturated carbocycles. The number of hydrogen-bond acceptors (Lipinski definition) is 1. The topological polar surface area (TPSA) is 17.3 Å². The first-order chi connectivity index (χ1) is 5.66. The predicted octanol–water partition coefficient (Wildman–Crippen LogP) is 2.90. The molecule has 2 aromatic rings. The van der Waals surface area contributed by atoms with Crippen molar-refractivity contribution < 1.29 is 0 Å². The fourth-order valence-electron chi connectivity index (χ4n) is 1.16. The van der Waals surface area contributed by atoms with Gasteiger partial charge < -0.3 is 0 Å². The summed E-state index contributed by atoms with van der Waals surface area (Å²) in [5, 5.41) is 4.89. The van der Waals surface area contributed by atoms with Crippen LogP contribution in [-0.4, -0.2) is 9.61 Å². The van der Waals surface area contributed by atoms with Gasteiger partial charge >= 0.3 is 0 Å². The fraction of sp³-hybridized carbons (Fsp3) is 0.125. The van der Waals surface area contributed by atoms with Crippen molar-refractivity contribution in [2.75, 3.05) is 0 Å². The van der Waals surface area contributed by atoms with Crippen molar-refractivity contribution in [1.82, 2.24) is 9.61 Å². The summed E-state index contributed by atoms with van der Waals surface area (Å²) in [6, 6.07) is 5.96. The summed E-state index contributed by atoms with van der Waals surface area (Å²) in [6.07, 6.45) is 0. The number of hydrogen-bond donors (Lipinski definition) is 0. The van der Waals surface area contributed by atoms with Crippen LogP contribution < -0.4 is 0 Å². The van der Waals surface area contributed by atoms with Crippen molar-refractivity contribution in [3.63, 3.8) is 0 Å². The minimum Gasteiger partial charge on any atom is -0.221 e. The van der Waals surface area contributed by atoms with Crippen LogP contribution in [-0.2, 0) is 0 Å². The molecule has 2 heterocycles. The van der Waals surface area contributed by atoms with Crippen molar-refractivity contribution in [2.24, 2.45) is 0 Å². The first-order valence-corrected chi connectivity index (χ1v) is 4.94. The van der Waals surface area contributed by atoms with Crippen LogP contribution in [0.25, 0.3) is 5.52 Å². The Hall–Kier alpha value is -0.290. The first kappa shape index (κ1) is 8.31. The molecule has 0 bridgehead atoms.